The second-order valence-electron chi connectivity index (χ2n) is 1.95. The molecule has 0 heterocycles. The topological polar surface area (TPSA) is 17.1 Å². The molecule has 0 aliphatic heterocycles. The summed E-state index contributed by atoms with van der Waals surface area (Å²) in [6.45, 7) is 0. The molecule has 1 rings (SSSR count). The van der Waals surface area contributed by atoms with Crippen molar-refractivity contribution in [2.45, 2.75) is 4.84 Å². The van der Waals surface area contributed by atoms with Gasteiger partial charge in [0.1, 0.15) is 0 Å². The molecular formula is C8H5Cl2O. The van der Waals surface area contributed by atoms with Gasteiger partial charge in [-0.3, -0.25) is 4.79 Å². The number of Topliss-reactive ketones (excluding diaryl/α,β-unsaturated/α-hetero) is 1. The first-order valence-corrected chi connectivity index (χ1v) is 3.87. The molecule has 0 N–H and O–H groups in total. The summed E-state index contributed by atoms with van der Waals surface area (Å²) in [5, 5.41) is 0. The van der Waals surface area contributed by atoms with E-state index in [1.54, 1.807) is 24.3 Å². The minimum absolute atomic E-state index is 0.276. The van der Waals surface area contributed by atoms with E-state index >= 15 is 0 Å². The second-order valence-corrected chi connectivity index (χ2v) is 3.05. The van der Waals surface area contributed by atoms with Crippen LogP contribution >= 0.6 is 23.2 Å². The molecule has 0 saturated carbocycles. The Balaban J connectivity index is 2.86. The fraction of sp³-hybridized carbons (Fsp3) is 0.125. The van der Waals surface area contributed by atoms with E-state index in [1.807, 2.05) is 0 Å². The van der Waals surface area contributed by atoms with Crippen LogP contribution in [0.2, 0.25) is 0 Å². The van der Waals surface area contributed by atoms with Crippen molar-refractivity contribution in [3.05, 3.63) is 35.9 Å². The van der Waals surface area contributed by atoms with Crippen molar-refractivity contribution >= 4 is 29.0 Å². The fourth-order valence-corrected chi connectivity index (χ4v) is 0.929. The van der Waals surface area contributed by atoms with E-state index in [2.05, 4.69) is 6.07 Å². The van der Waals surface area contributed by atoms with Crippen LogP contribution in [0.5, 0.6) is 0 Å². The smallest absolute Gasteiger partial charge is 0.195 e. The number of halogens is 2. The normalized spacial score (nSPS) is 10.1. The van der Waals surface area contributed by atoms with Crippen molar-refractivity contribution < 1.29 is 4.79 Å². The van der Waals surface area contributed by atoms with E-state index < -0.39 is 4.84 Å². The van der Waals surface area contributed by atoms with Crippen molar-refractivity contribution in [3.63, 3.8) is 0 Å². The third-order valence-electron chi connectivity index (χ3n) is 1.20. The van der Waals surface area contributed by atoms with Gasteiger partial charge >= 0.3 is 0 Å². The van der Waals surface area contributed by atoms with Gasteiger partial charge < -0.3 is 0 Å². The Labute approximate surface area is 74.9 Å². The van der Waals surface area contributed by atoms with Gasteiger partial charge in [0.15, 0.2) is 10.6 Å². The monoisotopic (exact) mass is 187 g/mol. The summed E-state index contributed by atoms with van der Waals surface area (Å²) in [5.74, 6) is -0.276. The summed E-state index contributed by atoms with van der Waals surface area (Å²) in [5.41, 5.74) is 0.513. The first-order valence-electron chi connectivity index (χ1n) is 3.00. The standard InChI is InChI=1S/C8H5Cl2O/c9-8(10)7(11)6-4-2-1-3-5-6/h2-5,8H. The zero-order valence-electron chi connectivity index (χ0n) is 5.55. The summed E-state index contributed by atoms with van der Waals surface area (Å²) in [6.07, 6.45) is 0. The summed E-state index contributed by atoms with van der Waals surface area (Å²) < 4.78 is 0. The molecule has 0 unspecified atom stereocenters. The Hall–Kier alpha value is -0.530. The largest absolute Gasteiger partial charge is 0.291 e. The number of alkyl halides is 2. The van der Waals surface area contributed by atoms with Gasteiger partial charge in [-0.1, -0.05) is 47.5 Å². The van der Waals surface area contributed by atoms with Crippen LogP contribution in [0.4, 0.5) is 0 Å². The van der Waals surface area contributed by atoms with E-state index in [-0.39, 0.29) is 5.78 Å². The predicted octanol–water partition coefficient (Wildman–Crippen LogP) is 2.47. The SMILES string of the molecule is O=C(c1cc[c]cc1)C(Cl)Cl. The quantitative estimate of drug-likeness (QED) is 0.514. The molecule has 0 aromatic heterocycles. The third-order valence-corrected chi connectivity index (χ3v) is 1.60. The lowest BCUT2D eigenvalue weighted by Gasteiger charge is -1.98. The van der Waals surface area contributed by atoms with Gasteiger partial charge in [-0.05, 0) is 6.07 Å². The van der Waals surface area contributed by atoms with Gasteiger partial charge in [-0.15, -0.1) is 0 Å². The van der Waals surface area contributed by atoms with Gasteiger partial charge in [0.2, 0.25) is 0 Å². The molecule has 1 nitrogen and oxygen atoms in total. The number of hydrogen-bond acceptors (Lipinski definition) is 1. The summed E-state index contributed by atoms with van der Waals surface area (Å²) in [7, 11) is 0. The van der Waals surface area contributed by atoms with Crippen LogP contribution in [-0.4, -0.2) is 10.6 Å². The number of carbonyl (C=O) groups is 1. The van der Waals surface area contributed by atoms with E-state index in [0.29, 0.717) is 5.56 Å². The van der Waals surface area contributed by atoms with Gasteiger partial charge in [-0.2, -0.15) is 0 Å². The molecule has 0 bridgehead atoms. The van der Waals surface area contributed by atoms with Crippen LogP contribution in [0.25, 0.3) is 0 Å². The number of hydrogen-bond donors (Lipinski definition) is 0. The molecule has 0 aliphatic carbocycles. The Morgan fingerprint density at radius 1 is 1.36 bits per heavy atom. The third kappa shape index (κ3) is 2.21. The molecule has 0 atom stereocenters. The lowest BCUT2D eigenvalue weighted by Crippen LogP contribution is -2.07. The average molecular weight is 188 g/mol. The van der Waals surface area contributed by atoms with Crippen LogP contribution in [-0.2, 0) is 0 Å². The lowest BCUT2D eigenvalue weighted by atomic mass is 10.1. The predicted molar refractivity (Wildman–Crippen MR) is 45.1 cm³/mol. The van der Waals surface area contributed by atoms with Crippen molar-refractivity contribution in [3.8, 4) is 0 Å². The highest BCUT2D eigenvalue weighted by Crippen LogP contribution is 2.10. The van der Waals surface area contributed by atoms with Crippen LogP contribution < -0.4 is 0 Å². The molecule has 1 aromatic rings. The number of rotatable bonds is 2. The van der Waals surface area contributed by atoms with E-state index in [1.165, 1.54) is 0 Å². The Morgan fingerprint density at radius 2 is 1.91 bits per heavy atom. The van der Waals surface area contributed by atoms with Gasteiger partial charge in [-0.25, -0.2) is 0 Å². The van der Waals surface area contributed by atoms with Gasteiger partial charge in [0, 0.05) is 5.56 Å². The van der Waals surface area contributed by atoms with Crippen molar-refractivity contribution in [2.24, 2.45) is 0 Å². The molecule has 57 valence electrons. The molecule has 0 spiro atoms. The maximum Gasteiger partial charge on any atom is 0.195 e. The Bertz CT molecular complexity index is 244. The molecule has 0 fully saturated rings. The lowest BCUT2D eigenvalue weighted by molar-refractivity contribution is 0.101. The van der Waals surface area contributed by atoms with E-state index in [9.17, 15) is 4.79 Å². The Kier molecular flexibility index (Phi) is 2.92. The van der Waals surface area contributed by atoms with Gasteiger partial charge in [0.25, 0.3) is 0 Å². The first kappa shape index (κ1) is 8.57. The van der Waals surface area contributed by atoms with Crippen molar-refractivity contribution in [1.82, 2.24) is 0 Å². The maximum atomic E-state index is 11.1. The van der Waals surface area contributed by atoms with Crippen LogP contribution in [0.1, 0.15) is 10.4 Å². The first-order chi connectivity index (χ1) is 5.22. The maximum absolute atomic E-state index is 11.1. The van der Waals surface area contributed by atoms with Crippen LogP contribution in [0, 0.1) is 6.07 Å². The van der Waals surface area contributed by atoms with Crippen molar-refractivity contribution in [2.75, 3.05) is 0 Å². The summed E-state index contributed by atoms with van der Waals surface area (Å²) in [6, 6.07) is 9.32. The zero-order chi connectivity index (χ0) is 8.27. The molecule has 0 aliphatic rings. The summed E-state index contributed by atoms with van der Waals surface area (Å²) in [4.78, 5) is 10.1. The molecule has 0 saturated heterocycles. The minimum Gasteiger partial charge on any atom is -0.291 e. The number of ketones is 1. The molecular weight excluding hydrogens is 183 g/mol. The highest BCUT2D eigenvalue weighted by atomic mass is 35.5. The minimum atomic E-state index is -0.975. The molecule has 0 amide bonds. The highest BCUT2D eigenvalue weighted by Gasteiger charge is 2.12. The van der Waals surface area contributed by atoms with E-state index in [4.69, 9.17) is 23.2 Å². The average Bonchev–Trinajstić information content (AvgIpc) is 2.05. The fourth-order valence-electron chi connectivity index (χ4n) is 0.677. The molecule has 11 heavy (non-hydrogen) atoms. The second kappa shape index (κ2) is 3.74. The number of carbonyl (C=O) groups excluding carboxylic acids is 1. The molecule has 1 aromatic carbocycles. The van der Waals surface area contributed by atoms with Crippen LogP contribution in [0.15, 0.2) is 24.3 Å². The van der Waals surface area contributed by atoms with E-state index in [0.717, 1.165) is 0 Å². The summed E-state index contributed by atoms with van der Waals surface area (Å²) >= 11 is 10.7. The Morgan fingerprint density at radius 3 is 2.36 bits per heavy atom. The van der Waals surface area contributed by atoms with Crippen LogP contribution in [0.3, 0.4) is 0 Å². The number of benzene rings is 1. The zero-order valence-corrected chi connectivity index (χ0v) is 7.06. The van der Waals surface area contributed by atoms with Crippen molar-refractivity contribution in [1.29, 1.82) is 0 Å². The highest BCUT2D eigenvalue weighted by molar-refractivity contribution is 6.55. The molecule has 1 radical (unpaired) electrons. The van der Waals surface area contributed by atoms with Gasteiger partial charge in [0.05, 0.1) is 0 Å². The molecule has 3 heteroatoms.